The van der Waals surface area contributed by atoms with Crippen molar-refractivity contribution < 1.29 is 13.9 Å². The third kappa shape index (κ3) is 5.14. The molecular weight excluding hydrogens is 340 g/mol. The molecule has 1 N–H and O–H groups in total. The Labute approximate surface area is 159 Å². The SMILES string of the molecule is CC(c1ccco1)N(C)C(=O)NCc1cccc(COc2ccccc2)c1. The van der Waals surface area contributed by atoms with Crippen LogP contribution >= 0.6 is 0 Å². The number of nitrogens with zero attached hydrogens (tertiary/aromatic N) is 1. The number of carbonyl (C=O) groups excluding carboxylic acids is 1. The van der Waals surface area contributed by atoms with Gasteiger partial charge in [0.25, 0.3) is 0 Å². The van der Waals surface area contributed by atoms with Crippen LogP contribution in [-0.4, -0.2) is 18.0 Å². The summed E-state index contributed by atoms with van der Waals surface area (Å²) in [6.07, 6.45) is 1.61. The summed E-state index contributed by atoms with van der Waals surface area (Å²) < 4.78 is 11.2. The van der Waals surface area contributed by atoms with Crippen LogP contribution in [0.3, 0.4) is 0 Å². The Morgan fingerprint density at radius 3 is 2.59 bits per heavy atom. The van der Waals surface area contributed by atoms with E-state index in [-0.39, 0.29) is 12.1 Å². The van der Waals surface area contributed by atoms with E-state index in [9.17, 15) is 4.79 Å². The molecule has 0 bridgehead atoms. The molecule has 0 spiro atoms. The Bertz CT molecular complexity index is 847. The summed E-state index contributed by atoms with van der Waals surface area (Å²) in [6, 6.07) is 21.1. The minimum Gasteiger partial charge on any atom is -0.489 e. The van der Waals surface area contributed by atoms with Gasteiger partial charge in [0.15, 0.2) is 0 Å². The Morgan fingerprint density at radius 1 is 1.07 bits per heavy atom. The minimum atomic E-state index is -0.148. The number of benzene rings is 2. The lowest BCUT2D eigenvalue weighted by Gasteiger charge is -2.23. The molecule has 27 heavy (non-hydrogen) atoms. The van der Waals surface area contributed by atoms with Crippen molar-refractivity contribution in [1.82, 2.24) is 10.2 Å². The number of urea groups is 1. The van der Waals surface area contributed by atoms with Gasteiger partial charge in [-0.1, -0.05) is 42.5 Å². The maximum absolute atomic E-state index is 12.4. The first-order chi connectivity index (χ1) is 13.1. The van der Waals surface area contributed by atoms with Gasteiger partial charge in [0.1, 0.15) is 18.1 Å². The summed E-state index contributed by atoms with van der Waals surface area (Å²) in [5.41, 5.74) is 2.08. The van der Waals surface area contributed by atoms with Crippen LogP contribution in [-0.2, 0) is 13.2 Å². The number of nitrogens with one attached hydrogen (secondary N) is 1. The highest BCUT2D eigenvalue weighted by molar-refractivity contribution is 5.74. The molecule has 0 aliphatic rings. The highest BCUT2D eigenvalue weighted by Crippen LogP contribution is 2.19. The fourth-order valence-corrected chi connectivity index (χ4v) is 2.71. The molecule has 1 unspecified atom stereocenters. The highest BCUT2D eigenvalue weighted by Gasteiger charge is 2.19. The standard InChI is InChI=1S/C22H24N2O3/c1-17(21-12-7-13-26-21)24(2)22(25)23-15-18-8-6-9-19(14-18)16-27-20-10-4-3-5-11-20/h3-14,17H,15-16H2,1-2H3,(H,23,25). The molecule has 0 aliphatic heterocycles. The summed E-state index contributed by atoms with van der Waals surface area (Å²) in [5.74, 6) is 1.59. The second-order valence-corrected chi connectivity index (χ2v) is 6.38. The number of furan rings is 1. The summed E-state index contributed by atoms with van der Waals surface area (Å²) >= 11 is 0. The first-order valence-corrected chi connectivity index (χ1v) is 8.93. The first-order valence-electron chi connectivity index (χ1n) is 8.93. The molecule has 0 radical (unpaired) electrons. The molecule has 5 heteroatoms. The van der Waals surface area contributed by atoms with Gasteiger partial charge in [-0.3, -0.25) is 0 Å². The summed E-state index contributed by atoms with van der Waals surface area (Å²) in [4.78, 5) is 14.0. The van der Waals surface area contributed by atoms with Crippen molar-refractivity contribution in [1.29, 1.82) is 0 Å². The van der Waals surface area contributed by atoms with Gasteiger partial charge in [-0.05, 0) is 42.3 Å². The predicted molar refractivity (Wildman–Crippen MR) is 104 cm³/mol. The summed E-state index contributed by atoms with van der Waals surface area (Å²) in [6.45, 7) is 2.87. The number of hydrogen-bond acceptors (Lipinski definition) is 3. The minimum absolute atomic E-state index is 0.134. The topological polar surface area (TPSA) is 54.7 Å². The summed E-state index contributed by atoms with van der Waals surface area (Å²) in [7, 11) is 1.76. The van der Waals surface area contributed by atoms with E-state index in [1.165, 1.54) is 0 Å². The van der Waals surface area contributed by atoms with Crippen LogP contribution in [0.25, 0.3) is 0 Å². The van der Waals surface area contributed by atoms with Crippen LogP contribution in [0.1, 0.15) is 29.9 Å². The molecule has 2 amide bonds. The predicted octanol–water partition coefficient (Wildman–Crippen LogP) is 4.76. The maximum atomic E-state index is 12.4. The molecule has 3 aromatic rings. The van der Waals surface area contributed by atoms with Crippen molar-refractivity contribution in [3.05, 3.63) is 89.9 Å². The lowest BCUT2D eigenvalue weighted by atomic mass is 10.1. The smallest absolute Gasteiger partial charge is 0.318 e. The quantitative estimate of drug-likeness (QED) is 0.657. The zero-order valence-corrected chi connectivity index (χ0v) is 15.6. The number of hydrogen-bond donors (Lipinski definition) is 1. The lowest BCUT2D eigenvalue weighted by molar-refractivity contribution is 0.187. The Morgan fingerprint density at radius 2 is 1.85 bits per heavy atom. The van der Waals surface area contributed by atoms with E-state index in [4.69, 9.17) is 9.15 Å². The first kappa shape index (κ1) is 18.6. The van der Waals surface area contributed by atoms with Crippen molar-refractivity contribution in [2.45, 2.75) is 26.1 Å². The van der Waals surface area contributed by atoms with E-state index >= 15 is 0 Å². The van der Waals surface area contributed by atoms with Crippen molar-refractivity contribution in [3.63, 3.8) is 0 Å². The van der Waals surface area contributed by atoms with Crippen molar-refractivity contribution in [2.75, 3.05) is 7.05 Å². The number of ether oxygens (including phenoxy) is 1. The molecule has 1 atom stereocenters. The van der Waals surface area contributed by atoms with Crippen LogP contribution < -0.4 is 10.1 Å². The molecule has 0 saturated carbocycles. The van der Waals surface area contributed by atoms with Gasteiger partial charge in [0, 0.05) is 13.6 Å². The molecule has 3 rings (SSSR count). The second kappa shape index (κ2) is 8.94. The molecule has 140 valence electrons. The van der Waals surface area contributed by atoms with Crippen LogP contribution in [0.15, 0.2) is 77.4 Å². The number of amides is 2. The van der Waals surface area contributed by atoms with Gasteiger partial charge < -0.3 is 19.4 Å². The van der Waals surface area contributed by atoms with Gasteiger partial charge in [0.2, 0.25) is 0 Å². The van der Waals surface area contributed by atoms with E-state index in [1.807, 2.05) is 73.7 Å². The zero-order valence-electron chi connectivity index (χ0n) is 15.6. The van der Waals surface area contributed by atoms with Crippen molar-refractivity contribution in [2.24, 2.45) is 0 Å². The van der Waals surface area contributed by atoms with Gasteiger partial charge >= 0.3 is 6.03 Å². The second-order valence-electron chi connectivity index (χ2n) is 6.38. The average molecular weight is 364 g/mol. The van der Waals surface area contributed by atoms with E-state index in [1.54, 1.807) is 18.2 Å². The Kier molecular flexibility index (Phi) is 6.15. The van der Waals surface area contributed by atoms with E-state index in [0.717, 1.165) is 22.6 Å². The third-order valence-corrected chi connectivity index (χ3v) is 4.44. The molecular formula is C22H24N2O3. The Balaban J connectivity index is 1.52. The fraction of sp³-hybridized carbons (Fsp3) is 0.227. The molecule has 0 aliphatic carbocycles. The molecule has 0 fully saturated rings. The van der Waals surface area contributed by atoms with Crippen LogP contribution in [0.5, 0.6) is 5.75 Å². The van der Waals surface area contributed by atoms with Crippen LogP contribution in [0, 0.1) is 0 Å². The zero-order chi connectivity index (χ0) is 19.1. The van der Waals surface area contributed by atoms with Crippen molar-refractivity contribution >= 4 is 6.03 Å². The molecule has 2 aromatic carbocycles. The third-order valence-electron chi connectivity index (χ3n) is 4.44. The largest absolute Gasteiger partial charge is 0.489 e. The molecule has 1 aromatic heterocycles. The molecule has 1 heterocycles. The normalized spacial score (nSPS) is 11.6. The Hall–Kier alpha value is -3.21. The van der Waals surface area contributed by atoms with E-state index < -0.39 is 0 Å². The van der Waals surface area contributed by atoms with Crippen molar-refractivity contribution in [3.8, 4) is 5.75 Å². The lowest BCUT2D eigenvalue weighted by Crippen LogP contribution is -2.38. The number of rotatable bonds is 7. The summed E-state index contributed by atoms with van der Waals surface area (Å²) in [5, 5.41) is 2.95. The van der Waals surface area contributed by atoms with Crippen LogP contribution in [0.4, 0.5) is 4.79 Å². The van der Waals surface area contributed by atoms with Crippen LogP contribution in [0.2, 0.25) is 0 Å². The van der Waals surface area contributed by atoms with E-state index in [0.29, 0.717) is 13.2 Å². The molecule has 0 saturated heterocycles. The van der Waals surface area contributed by atoms with Gasteiger partial charge in [-0.15, -0.1) is 0 Å². The monoisotopic (exact) mass is 364 g/mol. The highest BCUT2D eigenvalue weighted by atomic mass is 16.5. The average Bonchev–Trinajstić information content (AvgIpc) is 3.25. The maximum Gasteiger partial charge on any atom is 0.318 e. The van der Waals surface area contributed by atoms with Gasteiger partial charge in [0.05, 0.1) is 12.3 Å². The fourth-order valence-electron chi connectivity index (χ4n) is 2.71. The molecule has 5 nitrogen and oxygen atoms in total. The number of para-hydroxylation sites is 1. The van der Waals surface area contributed by atoms with E-state index in [2.05, 4.69) is 5.32 Å². The number of carbonyl (C=O) groups is 1. The van der Waals surface area contributed by atoms with Gasteiger partial charge in [-0.2, -0.15) is 0 Å². The van der Waals surface area contributed by atoms with Gasteiger partial charge in [-0.25, -0.2) is 4.79 Å².